The highest BCUT2D eigenvalue weighted by Crippen LogP contribution is 2.11. The molecule has 0 bridgehead atoms. The molecule has 0 saturated heterocycles. The normalized spacial score (nSPS) is 10.2. The largest absolute Gasteiger partial charge is 0.296 e. The topological polar surface area (TPSA) is 76.9 Å². The van der Waals surface area contributed by atoms with E-state index in [2.05, 4.69) is 15.4 Å². The number of amides is 1. The maximum absolute atomic E-state index is 11.7. The van der Waals surface area contributed by atoms with Crippen molar-refractivity contribution in [3.05, 3.63) is 29.5 Å². The number of rotatable bonds is 3. The number of nitrogens with one attached hydrogen (secondary N) is 1. The molecule has 1 N–H and O–H groups in total. The van der Waals surface area contributed by atoms with Gasteiger partial charge in [0, 0.05) is 24.2 Å². The van der Waals surface area contributed by atoms with Crippen LogP contribution in [-0.4, -0.2) is 26.6 Å². The molecule has 2 aromatic heterocycles. The second-order valence-corrected chi connectivity index (χ2v) is 4.08. The molecule has 1 amide bonds. The van der Waals surface area contributed by atoms with Crippen molar-refractivity contribution in [3.63, 3.8) is 0 Å². The van der Waals surface area contributed by atoms with Gasteiger partial charge in [0.1, 0.15) is 0 Å². The Morgan fingerprint density at radius 2 is 2.35 bits per heavy atom. The standard InChI is InChI=1S/C10H10N4O2S/c1-2-8(15)14-5-3-7(13-14)9(16)12-10-11-4-6-17-10/h3-6H,2H2,1H3,(H,11,12,16). The van der Waals surface area contributed by atoms with Gasteiger partial charge in [-0.2, -0.15) is 5.10 Å². The number of hydrogen-bond acceptors (Lipinski definition) is 5. The van der Waals surface area contributed by atoms with Crippen molar-refractivity contribution in [2.24, 2.45) is 0 Å². The predicted molar refractivity (Wildman–Crippen MR) is 63.2 cm³/mol. The van der Waals surface area contributed by atoms with Gasteiger partial charge >= 0.3 is 0 Å². The second-order valence-electron chi connectivity index (χ2n) is 3.18. The van der Waals surface area contributed by atoms with Crippen LogP contribution >= 0.6 is 11.3 Å². The summed E-state index contributed by atoms with van der Waals surface area (Å²) in [5, 5.41) is 8.75. The molecule has 0 spiro atoms. The molecule has 0 aliphatic rings. The van der Waals surface area contributed by atoms with Gasteiger partial charge < -0.3 is 0 Å². The van der Waals surface area contributed by atoms with Gasteiger partial charge in [0.25, 0.3) is 5.91 Å². The zero-order chi connectivity index (χ0) is 12.3. The van der Waals surface area contributed by atoms with Crippen LogP contribution in [0.15, 0.2) is 23.8 Å². The average molecular weight is 250 g/mol. The Labute approximate surface area is 101 Å². The summed E-state index contributed by atoms with van der Waals surface area (Å²) < 4.78 is 1.16. The van der Waals surface area contributed by atoms with Crippen LogP contribution in [0.5, 0.6) is 0 Å². The molecule has 2 rings (SSSR count). The van der Waals surface area contributed by atoms with Gasteiger partial charge in [-0.05, 0) is 6.07 Å². The molecule has 0 aliphatic carbocycles. The monoisotopic (exact) mass is 250 g/mol. The highest BCUT2D eigenvalue weighted by atomic mass is 32.1. The molecule has 2 aromatic rings. The van der Waals surface area contributed by atoms with E-state index in [9.17, 15) is 9.59 Å². The summed E-state index contributed by atoms with van der Waals surface area (Å²) in [6.07, 6.45) is 3.41. The van der Waals surface area contributed by atoms with Crippen molar-refractivity contribution in [3.8, 4) is 0 Å². The molecule has 0 aliphatic heterocycles. The highest BCUT2D eigenvalue weighted by Gasteiger charge is 2.12. The minimum absolute atomic E-state index is 0.154. The predicted octanol–water partition coefficient (Wildman–Crippen LogP) is 1.64. The van der Waals surface area contributed by atoms with Crippen LogP contribution in [0, 0.1) is 0 Å². The van der Waals surface area contributed by atoms with E-state index in [4.69, 9.17) is 0 Å². The van der Waals surface area contributed by atoms with Gasteiger partial charge in [0.05, 0.1) is 0 Å². The Kier molecular flexibility index (Phi) is 3.29. The third kappa shape index (κ3) is 2.56. The molecule has 2 heterocycles. The van der Waals surface area contributed by atoms with Crippen LogP contribution in [0.2, 0.25) is 0 Å². The number of carbonyl (C=O) groups excluding carboxylic acids is 2. The van der Waals surface area contributed by atoms with E-state index in [0.717, 1.165) is 4.68 Å². The van der Waals surface area contributed by atoms with Crippen molar-refractivity contribution < 1.29 is 9.59 Å². The van der Waals surface area contributed by atoms with Crippen LogP contribution < -0.4 is 5.32 Å². The fraction of sp³-hybridized carbons (Fsp3) is 0.200. The molecule has 0 atom stereocenters. The molecule has 0 aromatic carbocycles. The van der Waals surface area contributed by atoms with Gasteiger partial charge in [-0.25, -0.2) is 9.67 Å². The molecule has 6 nitrogen and oxygen atoms in total. The van der Waals surface area contributed by atoms with Crippen molar-refractivity contribution >= 4 is 28.3 Å². The van der Waals surface area contributed by atoms with Crippen LogP contribution in [0.4, 0.5) is 5.13 Å². The minimum Gasteiger partial charge on any atom is -0.296 e. The number of carbonyl (C=O) groups is 2. The van der Waals surface area contributed by atoms with Gasteiger partial charge in [-0.3, -0.25) is 14.9 Å². The number of hydrogen-bond donors (Lipinski definition) is 1. The quantitative estimate of drug-likeness (QED) is 0.898. The first kappa shape index (κ1) is 11.5. The first-order valence-electron chi connectivity index (χ1n) is 5.00. The third-order valence-electron chi connectivity index (χ3n) is 2.03. The lowest BCUT2D eigenvalue weighted by atomic mass is 10.4. The van der Waals surface area contributed by atoms with Crippen LogP contribution in [0.3, 0.4) is 0 Å². The number of nitrogens with zero attached hydrogens (tertiary/aromatic N) is 3. The second kappa shape index (κ2) is 4.88. The van der Waals surface area contributed by atoms with Gasteiger partial charge in [-0.15, -0.1) is 11.3 Å². The molecule has 88 valence electrons. The van der Waals surface area contributed by atoms with Crippen molar-refractivity contribution in [1.29, 1.82) is 0 Å². The van der Waals surface area contributed by atoms with Gasteiger partial charge in [-0.1, -0.05) is 6.92 Å². The number of aromatic nitrogens is 3. The fourth-order valence-corrected chi connectivity index (χ4v) is 1.72. The molecule has 0 saturated carbocycles. The summed E-state index contributed by atoms with van der Waals surface area (Å²) in [4.78, 5) is 27.0. The number of anilines is 1. The van der Waals surface area contributed by atoms with Crippen LogP contribution in [-0.2, 0) is 0 Å². The van der Waals surface area contributed by atoms with Crippen LogP contribution in [0.1, 0.15) is 28.6 Å². The van der Waals surface area contributed by atoms with Gasteiger partial charge in [0.2, 0.25) is 5.91 Å². The Hall–Kier alpha value is -2.02. The molecule has 0 radical (unpaired) electrons. The van der Waals surface area contributed by atoms with E-state index in [-0.39, 0.29) is 17.5 Å². The SMILES string of the molecule is CCC(=O)n1ccc(C(=O)Nc2nccs2)n1. The van der Waals surface area contributed by atoms with Gasteiger partial charge in [0.15, 0.2) is 10.8 Å². The zero-order valence-electron chi connectivity index (χ0n) is 9.08. The molecule has 0 fully saturated rings. The smallest absolute Gasteiger partial charge is 0.277 e. The summed E-state index contributed by atoms with van der Waals surface area (Å²) in [5.74, 6) is -0.527. The Balaban J connectivity index is 2.10. The summed E-state index contributed by atoms with van der Waals surface area (Å²) in [6, 6.07) is 1.50. The van der Waals surface area contributed by atoms with Crippen molar-refractivity contribution in [2.75, 3.05) is 5.32 Å². The third-order valence-corrected chi connectivity index (χ3v) is 2.72. The van der Waals surface area contributed by atoms with E-state index in [1.807, 2.05) is 0 Å². The molecule has 0 unspecified atom stereocenters. The summed E-state index contributed by atoms with van der Waals surface area (Å²) in [5.41, 5.74) is 0.196. The lowest BCUT2D eigenvalue weighted by Gasteiger charge is -1.97. The fourth-order valence-electron chi connectivity index (χ4n) is 1.19. The minimum atomic E-state index is -0.373. The lowest BCUT2D eigenvalue weighted by molar-refractivity contribution is 0.0892. The highest BCUT2D eigenvalue weighted by molar-refractivity contribution is 7.13. The van der Waals surface area contributed by atoms with Crippen LogP contribution in [0.25, 0.3) is 0 Å². The lowest BCUT2D eigenvalue weighted by Crippen LogP contribution is -2.15. The van der Waals surface area contributed by atoms with E-state index in [1.54, 1.807) is 18.5 Å². The van der Waals surface area contributed by atoms with Crippen molar-refractivity contribution in [1.82, 2.24) is 14.8 Å². The Morgan fingerprint density at radius 1 is 1.53 bits per heavy atom. The maximum Gasteiger partial charge on any atom is 0.277 e. The maximum atomic E-state index is 11.7. The molecular formula is C10H10N4O2S. The summed E-state index contributed by atoms with van der Waals surface area (Å²) in [7, 11) is 0. The first-order valence-corrected chi connectivity index (χ1v) is 5.88. The Morgan fingerprint density at radius 3 is 3.00 bits per heavy atom. The Bertz CT molecular complexity index is 532. The van der Waals surface area contributed by atoms with E-state index < -0.39 is 0 Å². The summed E-state index contributed by atoms with van der Waals surface area (Å²) >= 11 is 1.32. The number of thiazole rings is 1. The van der Waals surface area contributed by atoms with E-state index in [1.165, 1.54) is 23.6 Å². The molecule has 17 heavy (non-hydrogen) atoms. The molecular weight excluding hydrogens is 240 g/mol. The zero-order valence-corrected chi connectivity index (χ0v) is 9.90. The van der Waals surface area contributed by atoms with E-state index in [0.29, 0.717) is 11.6 Å². The van der Waals surface area contributed by atoms with Crippen molar-refractivity contribution in [2.45, 2.75) is 13.3 Å². The molecule has 7 heteroatoms. The first-order chi connectivity index (χ1) is 8.20. The summed E-state index contributed by atoms with van der Waals surface area (Å²) in [6.45, 7) is 1.74. The van der Waals surface area contributed by atoms with E-state index >= 15 is 0 Å². The average Bonchev–Trinajstić information content (AvgIpc) is 2.98.